The number of hydrogen-bond donors (Lipinski definition) is 1. The van der Waals surface area contributed by atoms with Gasteiger partial charge in [-0.2, -0.15) is 13.2 Å². The van der Waals surface area contributed by atoms with Crippen LogP contribution in [0.4, 0.5) is 13.2 Å². The Hall–Kier alpha value is -1.83. The number of carboxylic acids is 1. The molecule has 0 amide bonds. The number of rotatable bonds is 6. The van der Waals surface area contributed by atoms with E-state index in [1.165, 1.54) is 0 Å². The predicted octanol–water partition coefficient (Wildman–Crippen LogP) is 5.35. The molecule has 2 aromatic rings. The van der Waals surface area contributed by atoms with Crippen LogP contribution in [-0.2, 0) is 11.0 Å². The van der Waals surface area contributed by atoms with Crippen molar-refractivity contribution in [3.05, 3.63) is 58.1 Å². The van der Waals surface area contributed by atoms with Crippen molar-refractivity contribution >= 4 is 41.6 Å². The van der Waals surface area contributed by atoms with E-state index in [0.29, 0.717) is 17.9 Å². The summed E-state index contributed by atoms with van der Waals surface area (Å²) in [5.41, 5.74) is -1.04. The van der Waals surface area contributed by atoms with Crippen LogP contribution in [0.5, 0.6) is 11.5 Å². The third-order valence-corrected chi connectivity index (χ3v) is 3.56. The number of alkyl halides is 3. The molecule has 142 valence electrons. The molecular formula is C16H12Cl3F3O4. The first-order valence-electron chi connectivity index (χ1n) is 6.82. The zero-order valence-corrected chi connectivity index (χ0v) is 15.1. The molecule has 1 atom stereocenters. The highest BCUT2D eigenvalue weighted by Crippen LogP contribution is 2.39. The zero-order valence-electron chi connectivity index (χ0n) is 12.8. The van der Waals surface area contributed by atoms with E-state index >= 15 is 0 Å². The zero-order chi connectivity index (χ0) is 18.6. The molecule has 10 heteroatoms. The van der Waals surface area contributed by atoms with Gasteiger partial charge >= 0.3 is 12.1 Å². The fraction of sp³-hybridized carbons (Fsp3) is 0.188. The molecular weight excluding hydrogens is 420 g/mol. The summed E-state index contributed by atoms with van der Waals surface area (Å²) in [6, 6.07) is 9.42. The molecule has 4 nitrogen and oxygen atoms in total. The molecule has 1 unspecified atom stereocenters. The number of para-hydroxylation sites is 1. The van der Waals surface area contributed by atoms with Gasteiger partial charge in [0.05, 0.1) is 15.6 Å². The lowest BCUT2D eigenvalue weighted by Crippen LogP contribution is -2.33. The van der Waals surface area contributed by atoms with Crippen molar-refractivity contribution in [3.63, 3.8) is 0 Å². The fourth-order valence-electron chi connectivity index (χ4n) is 1.84. The van der Waals surface area contributed by atoms with Crippen molar-refractivity contribution in [3.8, 4) is 11.5 Å². The van der Waals surface area contributed by atoms with Gasteiger partial charge in [-0.05, 0) is 24.3 Å². The van der Waals surface area contributed by atoms with Crippen LogP contribution >= 0.6 is 35.6 Å². The summed E-state index contributed by atoms with van der Waals surface area (Å²) in [6.45, 7) is -0.505. The van der Waals surface area contributed by atoms with Crippen molar-refractivity contribution < 1.29 is 32.5 Å². The number of benzene rings is 2. The molecule has 0 aliphatic heterocycles. The van der Waals surface area contributed by atoms with E-state index < -0.39 is 30.4 Å². The Morgan fingerprint density at radius 3 is 2.12 bits per heavy atom. The van der Waals surface area contributed by atoms with Gasteiger partial charge in [-0.15, -0.1) is 12.4 Å². The van der Waals surface area contributed by atoms with Gasteiger partial charge in [0.25, 0.3) is 0 Å². The standard InChI is InChI=1S/C16H11Cl2F3O4.ClH/c17-11-6-9(16(19,20)21)7-12(18)14(11)24-8-13(15(22)23)25-10-4-2-1-3-5-10;/h1-7,13H,8H2,(H,22,23);1H. The molecule has 2 aromatic carbocycles. The Labute approximate surface area is 162 Å². The van der Waals surface area contributed by atoms with Gasteiger partial charge in [-0.1, -0.05) is 41.4 Å². The summed E-state index contributed by atoms with van der Waals surface area (Å²) >= 11 is 11.5. The molecule has 1 N–H and O–H groups in total. The molecule has 0 aliphatic rings. The molecule has 2 rings (SSSR count). The van der Waals surface area contributed by atoms with Crippen molar-refractivity contribution in [2.45, 2.75) is 12.3 Å². The van der Waals surface area contributed by atoms with Crippen LogP contribution in [0.15, 0.2) is 42.5 Å². The lowest BCUT2D eigenvalue weighted by Gasteiger charge is -2.18. The van der Waals surface area contributed by atoms with E-state index in [9.17, 15) is 23.1 Å². The summed E-state index contributed by atoms with van der Waals surface area (Å²) in [5, 5.41) is 8.41. The third-order valence-electron chi connectivity index (χ3n) is 3.00. The van der Waals surface area contributed by atoms with Gasteiger partial charge in [-0.25, -0.2) is 4.79 Å². The van der Waals surface area contributed by atoms with Crippen LogP contribution in [0.25, 0.3) is 0 Å². The minimum atomic E-state index is -4.62. The van der Waals surface area contributed by atoms with Crippen LogP contribution in [0.3, 0.4) is 0 Å². The Morgan fingerprint density at radius 1 is 1.12 bits per heavy atom. The van der Waals surface area contributed by atoms with Crippen molar-refractivity contribution in [2.75, 3.05) is 6.61 Å². The maximum Gasteiger partial charge on any atom is 0.416 e. The maximum absolute atomic E-state index is 12.7. The average molecular weight is 432 g/mol. The summed E-state index contributed by atoms with van der Waals surface area (Å²) in [5.74, 6) is -1.27. The van der Waals surface area contributed by atoms with Crippen LogP contribution in [0.2, 0.25) is 10.0 Å². The first-order valence-corrected chi connectivity index (χ1v) is 7.57. The SMILES string of the molecule is Cl.O=C(O)C(COc1c(Cl)cc(C(F)(F)F)cc1Cl)Oc1ccccc1. The topological polar surface area (TPSA) is 55.8 Å². The smallest absolute Gasteiger partial charge is 0.416 e. The summed E-state index contributed by atoms with van der Waals surface area (Å²) in [4.78, 5) is 11.3. The molecule has 0 heterocycles. The second-order valence-corrected chi connectivity index (χ2v) is 5.65. The highest BCUT2D eigenvalue weighted by Gasteiger charge is 2.32. The van der Waals surface area contributed by atoms with Gasteiger partial charge in [0, 0.05) is 0 Å². The van der Waals surface area contributed by atoms with Crippen molar-refractivity contribution in [1.29, 1.82) is 0 Å². The predicted molar refractivity (Wildman–Crippen MR) is 92.7 cm³/mol. The molecule has 0 fully saturated rings. The van der Waals surface area contributed by atoms with E-state index in [0.717, 1.165) is 0 Å². The molecule has 26 heavy (non-hydrogen) atoms. The van der Waals surface area contributed by atoms with Gasteiger partial charge in [-0.3, -0.25) is 0 Å². The normalized spacial score (nSPS) is 12.0. The molecule has 0 saturated carbocycles. The third kappa shape index (κ3) is 5.86. The minimum Gasteiger partial charge on any atom is -0.486 e. The molecule has 0 saturated heterocycles. The number of hydrogen-bond acceptors (Lipinski definition) is 3. The summed E-state index contributed by atoms with van der Waals surface area (Å²) < 4.78 is 48.5. The van der Waals surface area contributed by atoms with Crippen LogP contribution in [-0.4, -0.2) is 23.8 Å². The number of carbonyl (C=O) groups is 1. The van der Waals surface area contributed by atoms with Gasteiger partial charge in [0.2, 0.25) is 6.10 Å². The molecule has 0 aliphatic carbocycles. The molecule has 0 bridgehead atoms. The first-order chi connectivity index (χ1) is 11.7. The highest BCUT2D eigenvalue weighted by atomic mass is 35.5. The first kappa shape index (κ1) is 22.2. The van der Waals surface area contributed by atoms with Gasteiger partial charge in [0.15, 0.2) is 5.75 Å². The molecule has 0 radical (unpaired) electrons. The Kier molecular flexibility index (Phi) is 7.87. The lowest BCUT2D eigenvalue weighted by molar-refractivity contribution is -0.146. The second-order valence-electron chi connectivity index (χ2n) is 4.84. The van der Waals surface area contributed by atoms with Crippen LogP contribution in [0.1, 0.15) is 5.56 Å². The Balaban J connectivity index is 0.00000338. The van der Waals surface area contributed by atoms with Crippen LogP contribution < -0.4 is 9.47 Å². The number of ether oxygens (including phenoxy) is 2. The Bertz CT molecular complexity index is 731. The van der Waals surface area contributed by atoms with Crippen molar-refractivity contribution in [2.24, 2.45) is 0 Å². The van der Waals surface area contributed by atoms with Crippen molar-refractivity contribution in [1.82, 2.24) is 0 Å². The van der Waals surface area contributed by atoms with E-state index in [2.05, 4.69) is 0 Å². The average Bonchev–Trinajstić information content (AvgIpc) is 2.52. The summed E-state index contributed by atoms with van der Waals surface area (Å²) in [6.07, 6.45) is -6.02. The lowest BCUT2D eigenvalue weighted by atomic mass is 10.2. The summed E-state index contributed by atoms with van der Waals surface area (Å²) in [7, 11) is 0. The van der Waals surface area contributed by atoms with E-state index in [1.54, 1.807) is 30.3 Å². The van der Waals surface area contributed by atoms with Gasteiger partial charge in [0.1, 0.15) is 12.4 Å². The second kappa shape index (κ2) is 9.21. The van der Waals surface area contributed by atoms with Gasteiger partial charge < -0.3 is 14.6 Å². The van der Waals surface area contributed by atoms with E-state index in [4.69, 9.17) is 32.7 Å². The highest BCUT2D eigenvalue weighted by molar-refractivity contribution is 6.37. The molecule has 0 aromatic heterocycles. The quantitative estimate of drug-likeness (QED) is 0.670. The fourth-order valence-corrected chi connectivity index (χ4v) is 2.44. The van der Waals surface area contributed by atoms with E-state index in [1.807, 2.05) is 0 Å². The largest absolute Gasteiger partial charge is 0.486 e. The van der Waals surface area contributed by atoms with E-state index in [-0.39, 0.29) is 28.2 Å². The maximum atomic E-state index is 12.7. The Morgan fingerprint density at radius 2 is 1.65 bits per heavy atom. The number of halogens is 6. The number of aliphatic carboxylic acids is 1. The monoisotopic (exact) mass is 430 g/mol. The minimum absolute atomic E-state index is 0. The molecule has 0 spiro atoms. The van der Waals surface area contributed by atoms with Crippen LogP contribution in [0, 0.1) is 0 Å². The number of carboxylic acid groups (broad SMARTS) is 1.